The maximum Gasteiger partial charge on any atom is 0.252 e. The molecular formula is C21H23BrN4O2S. The number of thiazole rings is 1. The predicted octanol–water partition coefficient (Wildman–Crippen LogP) is 3.62. The van der Waals surface area contributed by atoms with Crippen molar-refractivity contribution in [2.75, 3.05) is 51.3 Å². The average Bonchev–Trinajstić information content (AvgIpc) is 3.19. The molecule has 1 amide bonds. The summed E-state index contributed by atoms with van der Waals surface area (Å²) in [6.45, 7) is 5.26. The zero-order valence-electron chi connectivity index (χ0n) is 16.2. The van der Waals surface area contributed by atoms with Crippen LogP contribution in [0.3, 0.4) is 0 Å². The third kappa shape index (κ3) is 4.55. The molecular weight excluding hydrogens is 452 g/mol. The van der Waals surface area contributed by atoms with Crippen molar-refractivity contribution in [1.29, 1.82) is 0 Å². The number of hydrogen-bond acceptors (Lipinski definition) is 6. The lowest BCUT2D eigenvalue weighted by Gasteiger charge is -2.34. The Balaban J connectivity index is 1.28. The van der Waals surface area contributed by atoms with Gasteiger partial charge in [0, 0.05) is 43.7 Å². The summed E-state index contributed by atoms with van der Waals surface area (Å²) >= 11 is 5.14. The summed E-state index contributed by atoms with van der Waals surface area (Å²) in [6.07, 6.45) is 0. The molecule has 1 aliphatic rings. The van der Waals surface area contributed by atoms with Crippen molar-refractivity contribution in [2.24, 2.45) is 0 Å². The fourth-order valence-electron chi connectivity index (χ4n) is 3.44. The number of para-hydroxylation sites is 1. The van der Waals surface area contributed by atoms with Crippen LogP contribution in [-0.2, 0) is 0 Å². The minimum Gasteiger partial charge on any atom is -0.494 e. The number of carbonyl (C=O) groups is 1. The molecule has 0 saturated carbocycles. The van der Waals surface area contributed by atoms with E-state index >= 15 is 0 Å². The third-order valence-electron chi connectivity index (χ3n) is 5.07. The number of halogens is 1. The quantitative estimate of drug-likeness (QED) is 0.591. The van der Waals surface area contributed by atoms with Crippen molar-refractivity contribution in [3.05, 3.63) is 52.5 Å². The van der Waals surface area contributed by atoms with Crippen LogP contribution in [0, 0.1) is 0 Å². The Hall–Kier alpha value is -2.16. The number of hydrogen-bond donors (Lipinski definition) is 1. The Bertz CT molecular complexity index is 1000. The molecule has 1 aliphatic heterocycles. The van der Waals surface area contributed by atoms with Gasteiger partial charge in [0.05, 0.1) is 17.4 Å². The topological polar surface area (TPSA) is 57.7 Å². The van der Waals surface area contributed by atoms with E-state index in [-0.39, 0.29) is 5.91 Å². The van der Waals surface area contributed by atoms with Gasteiger partial charge in [-0.3, -0.25) is 9.69 Å². The first-order chi connectivity index (χ1) is 14.2. The summed E-state index contributed by atoms with van der Waals surface area (Å²) in [4.78, 5) is 21.8. The van der Waals surface area contributed by atoms with Crippen LogP contribution in [0.2, 0.25) is 0 Å². The molecule has 0 unspecified atom stereocenters. The Morgan fingerprint density at radius 3 is 2.72 bits per heavy atom. The number of methoxy groups -OCH3 is 1. The van der Waals surface area contributed by atoms with Gasteiger partial charge in [0.1, 0.15) is 11.3 Å². The highest BCUT2D eigenvalue weighted by Crippen LogP contribution is 2.34. The predicted molar refractivity (Wildman–Crippen MR) is 121 cm³/mol. The molecule has 4 rings (SSSR count). The number of nitrogens with one attached hydrogen (secondary N) is 1. The molecule has 1 fully saturated rings. The van der Waals surface area contributed by atoms with E-state index in [9.17, 15) is 4.79 Å². The van der Waals surface area contributed by atoms with Crippen molar-refractivity contribution in [3.8, 4) is 5.75 Å². The Kier molecular flexibility index (Phi) is 6.32. The molecule has 0 aliphatic carbocycles. The number of ether oxygens (including phenoxy) is 1. The zero-order chi connectivity index (χ0) is 20.2. The highest BCUT2D eigenvalue weighted by Gasteiger charge is 2.20. The first-order valence-electron chi connectivity index (χ1n) is 9.59. The number of amides is 1. The molecule has 8 heteroatoms. The number of anilines is 1. The van der Waals surface area contributed by atoms with Gasteiger partial charge in [0.15, 0.2) is 5.13 Å². The lowest BCUT2D eigenvalue weighted by atomic mass is 10.2. The minimum atomic E-state index is -0.0421. The van der Waals surface area contributed by atoms with E-state index in [1.165, 1.54) is 0 Å². The van der Waals surface area contributed by atoms with Crippen LogP contribution in [0.15, 0.2) is 46.9 Å². The zero-order valence-corrected chi connectivity index (χ0v) is 18.6. The lowest BCUT2D eigenvalue weighted by molar-refractivity contribution is 0.0947. The van der Waals surface area contributed by atoms with Crippen LogP contribution < -0.4 is 15.0 Å². The van der Waals surface area contributed by atoms with Crippen LogP contribution in [0.25, 0.3) is 10.2 Å². The van der Waals surface area contributed by atoms with Crippen LogP contribution in [0.5, 0.6) is 5.75 Å². The fraction of sp³-hybridized carbons (Fsp3) is 0.333. The number of aromatic nitrogens is 1. The molecule has 2 aromatic carbocycles. The summed E-state index contributed by atoms with van der Waals surface area (Å²) in [5.74, 6) is 0.781. The van der Waals surface area contributed by atoms with Gasteiger partial charge in [0.25, 0.3) is 5.91 Å². The van der Waals surface area contributed by atoms with E-state index in [4.69, 9.17) is 9.72 Å². The van der Waals surface area contributed by atoms with E-state index in [0.29, 0.717) is 12.1 Å². The number of piperazine rings is 1. The normalized spacial score (nSPS) is 14.9. The fourth-order valence-corrected chi connectivity index (χ4v) is 4.94. The monoisotopic (exact) mass is 474 g/mol. The summed E-state index contributed by atoms with van der Waals surface area (Å²) in [7, 11) is 1.68. The Labute approximate surface area is 182 Å². The summed E-state index contributed by atoms with van der Waals surface area (Å²) < 4.78 is 7.40. The molecule has 0 radical (unpaired) electrons. The van der Waals surface area contributed by atoms with Gasteiger partial charge in [-0.05, 0) is 40.2 Å². The number of benzene rings is 2. The molecule has 3 aromatic rings. The molecule has 0 bridgehead atoms. The molecule has 1 N–H and O–H groups in total. The van der Waals surface area contributed by atoms with Gasteiger partial charge in [-0.2, -0.15) is 0 Å². The van der Waals surface area contributed by atoms with Crippen molar-refractivity contribution in [3.63, 3.8) is 0 Å². The van der Waals surface area contributed by atoms with E-state index in [0.717, 1.165) is 58.3 Å². The second-order valence-corrected chi connectivity index (χ2v) is 8.73. The smallest absolute Gasteiger partial charge is 0.252 e. The van der Waals surface area contributed by atoms with Gasteiger partial charge < -0.3 is 15.0 Å². The third-order valence-corrected chi connectivity index (χ3v) is 6.84. The van der Waals surface area contributed by atoms with Gasteiger partial charge in [-0.15, -0.1) is 0 Å². The summed E-state index contributed by atoms with van der Waals surface area (Å²) in [5.41, 5.74) is 1.61. The molecule has 0 atom stereocenters. The van der Waals surface area contributed by atoms with Crippen LogP contribution in [0.1, 0.15) is 10.4 Å². The summed E-state index contributed by atoms with van der Waals surface area (Å²) in [6, 6.07) is 13.5. The minimum absolute atomic E-state index is 0.0421. The molecule has 1 saturated heterocycles. The van der Waals surface area contributed by atoms with Gasteiger partial charge in [-0.25, -0.2) is 4.98 Å². The molecule has 29 heavy (non-hydrogen) atoms. The largest absolute Gasteiger partial charge is 0.494 e. The maximum absolute atomic E-state index is 12.3. The summed E-state index contributed by atoms with van der Waals surface area (Å²) in [5, 5.41) is 4.06. The van der Waals surface area contributed by atoms with Crippen molar-refractivity contribution in [2.45, 2.75) is 0 Å². The highest BCUT2D eigenvalue weighted by atomic mass is 79.9. The van der Waals surface area contributed by atoms with Crippen LogP contribution in [0.4, 0.5) is 5.13 Å². The first kappa shape index (κ1) is 20.1. The van der Waals surface area contributed by atoms with Crippen LogP contribution >= 0.6 is 27.3 Å². The SMILES string of the molecule is COc1cccc2sc(N3CCN(CCNC(=O)c4ccccc4Br)CC3)nc12. The van der Waals surface area contributed by atoms with Gasteiger partial charge in [-0.1, -0.05) is 29.5 Å². The lowest BCUT2D eigenvalue weighted by Crippen LogP contribution is -2.48. The Morgan fingerprint density at radius 1 is 1.17 bits per heavy atom. The number of rotatable bonds is 6. The van der Waals surface area contributed by atoms with Crippen molar-refractivity contribution >= 4 is 48.5 Å². The van der Waals surface area contributed by atoms with Crippen molar-refractivity contribution in [1.82, 2.24) is 15.2 Å². The van der Waals surface area contributed by atoms with Gasteiger partial charge >= 0.3 is 0 Å². The average molecular weight is 475 g/mol. The standard InChI is InChI=1S/C21H23BrN4O2S/c1-28-17-7-4-8-18-19(17)24-21(29-18)26-13-11-25(12-14-26)10-9-23-20(27)15-5-2-3-6-16(15)22/h2-8H,9-14H2,1H3,(H,23,27). The number of carbonyl (C=O) groups excluding carboxylic acids is 1. The maximum atomic E-state index is 12.3. The molecule has 152 valence electrons. The van der Waals surface area contributed by atoms with Gasteiger partial charge in [0.2, 0.25) is 0 Å². The highest BCUT2D eigenvalue weighted by molar-refractivity contribution is 9.10. The molecule has 0 spiro atoms. The van der Waals surface area contributed by atoms with E-state index in [2.05, 4.69) is 37.1 Å². The molecule has 2 heterocycles. The van der Waals surface area contributed by atoms with E-state index in [1.54, 1.807) is 18.4 Å². The van der Waals surface area contributed by atoms with Crippen molar-refractivity contribution < 1.29 is 9.53 Å². The van der Waals surface area contributed by atoms with E-state index < -0.39 is 0 Å². The van der Waals surface area contributed by atoms with Crippen LogP contribution in [-0.4, -0.2) is 62.2 Å². The molecule has 6 nitrogen and oxygen atoms in total. The Morgan fingerprint density at radius 2 is 1.97 bits per heavy atom. The molecule has 1 aromatic heterocycles. The second-order valence-electron chi connectivity index (χ2n) is 6.87. The number of fused-ring (bicyclic) bond motifs is 1. The first-order valence-corrected chi connectivity index (χ1v) is 11.2. The van der Waals surface area contributed by atoms with E-state index in [1.807, 2.05) is 36.4 Å². The second kappa shape index (κ2) is 9.11. The number of nitrogens with zero attached hydrogens (tertiary/aromatic N) is 3.